The lowest BCUT2D eigenvalue weighted by Gasteiger charge is -2.09. The number of pyridine rings is 1. The Bertz CT molecular complexity index is 1050. The summed E-state index contributed by atoms with van der Waals surface area (Å²) in [6, 6.07) is 13.6. The molecule has 0 unspecified atom stereocenters. The predicted octanol–water partition coefficient (Wildman–Crippen LogP) is 2.85. The number of Topliss-reactive ketones (excluding diaryl/α,β-unsaturated/α-hetero) is 1. The molecule has 1 aromatic heterocycles. The third-order valence-electron chi connectivity index (χ3n) is 4.05. The maximum Gasteiger partial charge on any atom is 0.258 e. The van der Waals surface area contributed by atoms with Crippen molar-refractivity contribution in [2.45, 2.75) is 13.5 Å². The number of aromatic nitrogens is 1. The molecule has 1 N–H and O–H groups in total. The van der Waals surface area contributed by atoms with Crippen LogP contribution in [-0.4, -0.2) is 23.4 Å². The van der Waals surface area contributed by atoms with Gasteiger partial charge in [0.15, 0.2) is 5.78 Å². The van der Waals surface area contributed by atoms with Crippen LogP contribution in [0.2, 0.25) is 0 Å². The smallest absolute Gasteiger partial charge is 0.258 e. The van der Waals surface area contributed by atoms with E-state index in [0.29, 0.717) is 22.4 Å². The van der Waals surface area contributed by atoms with Gasteiger partial charge in [0.2, 0.25) is 5.91 Å². The third kappa shape index (κ3) is 3.64. The Kier molecular flexibility index (Phi) is 4.84. The Morgan fingerprint density at radius 3 is 2.65 bits per heavy atom. The second kappa shape index (κ2) is 7.23. The molecule has 132 valence electrons. The number of amides is 1. The van der Waals surface area contributed by atoms with Gasteiger partial charge in [-0.05, 0) is 48.7 Å². The van der Waals surface area contributed by atoms with E-state index >= 15 is 0 Å². The van der Waals surface area contributed by atoms with Gasteiger partial charge in [-0.1, -0.05) is 12.1 Å². The molecule has 6 nitrogen and oxygen atoms in total. The first-order valence-electron chi connectivity index (χ1n) is 8.06. The van der Waals surface area contributed by atoms with Gasteiger partial charge in [0, 0.05) is 22.8 Å². The van der Waals surface area contributed by atoms with Crippen molar-refractivity contribution in [3.05, 3.63) is 70.6 Å². The summed E-state index contributed by atoms with van der Waals surface area (Å²) in [5, 5.41) is 3.97. The minimum Gasteiger partial charge on any atom is -0.497 e. The number of anilines is 1. The lowest BCUT2D eigenvalue weighted by Crippen LogP contribution is -2.27. The van der Waals surface area contributed by atoms with Crippen LogP contribution in [0.15, 0.2) is 59.5 Å². The topological polar surface area (TPSA) is 77.4 Å². The Hall–Kier alpha value is -3.41. The molecule has 2 aromatic carbocycles. The van der Waals surface area contributed by atoms with E-state index in [4.69, 9.17) is 4.74 Å². The molecule has 6 heteroatoms. The zero-order valence-corrected chi connectivity index (χ0v) is 14.5. The van der Waals surface area contributed by atoms with Crippen LogP contribution in [-0.2, 0) is 11.3 Å². The molecule has 0 radical (unpaired) electrons. The number of hydrogen-bond acceptors (Lipinski definition) is 4. The van der Waals surface area contributed by atoms with Gasteiger partial charge in [0.1, 0.15) is 12.3 Å². The quantitative estimate of drug-likeness (QED) is 0.718. The van der Waals surface area contributed by atoms with E-state index in [1.54, 1.807) is 61.8 Å². The minimum absolute atomic E-state index is 0.0812. The molecule has 0 aliphatic rings. The van der Waals surface area contributed by atoms with E-state index in [1.165, 1.54) is 11.5 Å². The number of nitrogens with zero attached hydrogens (tertiary/aromatic N) is 1. The van der Waals surface area contributed by atoms with Gasteiger partial charge < -0.3 is 14.6 Å². The van der Waals surface area contributed by atoms with Crippen LogP contribution in [0.3, 0.4) is 0 Å². The van der Waals surface area contributed by atoms with Crippen LogP contribution in [0.1, 0.15) is 17.3 Å². The molecule has 3 aromatic rings. The predicted molar refractivity (Wildman–Crippen MR) is 99.8 cm³/mol. The highest BCUT2D eigenvalue weighted by Crippen LogP contribution is 2.18. The van der Waals surface area contributed by atoms with E-state index in [9.17, 15) is 14.4 Å². The molecule has 1 heterocycles. The molecule has 3 rings (SSSR count). The van der Waals surface area contributed by atoms with Gasteiger partial charge in [0.25, 0.3) is 5.56 Å². The number of fused-ring (bicyclic) bond motifs is 1. The summed E-state index contributed by atoms with van der Waals surface area (Å²) in [4.78, 5) is 36.3. The molecule has 0 spiro atoms. The van der Waals surface area contributed by atoms with Crippen molar-refractivity contribution < 1.29 is 14.3 Å². The van der Waals surface area contributed by atoms with Crippen LogP contribution in [0.4, 0.5) is 5.69 Å². The highest BCUT2D eigenvalue weighted by molar-refractivity contribution is 5.97. The van der Waals surface area contributed by atoms with Crippen LogP contribution >= 0.6 is 0 Å². The van der Waals surface area contributed by atoms with E-state index in [2.05, 4.69) is 5.32 Å². The highest BCUT2D eigenvalue weighted by atomic mass is 16.5. The van der Waals surface area contributed by atoms with Gasteiger partial charge in [-0.15, -0.1) is 0 Å². The Labute approximate surface area is 150 Å². The van der Waals surface area contributed by atoms with Crippen molar-refractivity contribution >= 4 is 28.2 Å². The van der Waals surface area contributed by atoms with Crippen LogP contribution < -0.4 is 15.6 Å². The Balaban J connectivity index is 1.81. The molecule has 26 heavy (non-hydrogen) atoms. The zero-order valence-electron chi connectivity index (χ0n) is 14.5. The lowest BCUT2D eigenvalue weighted by atomic mass is 10.1. The Morgan fingerprint density at radius 2 is 1.92 bits per heavy atom. The monoisotopic (exact) mass is 350 g/mol. The minimum atomic E-state index is -0.347. The fraction of sp³-hybridized carbons (Fsp3) is 0.150. The summed E-state index contributed by atoms with van der Waals surface area (Å²) in [5.41, 5.74) is 0.777. The molecule has 0 aliphatic carbocycles. The molecular weight excluding hydrogens is 332 g/mol. The van der Waals surface area contributed by atoms with E-state index in [0.717, 1.165) is 5.39 Å². The summed E-state index contributed by atoms with van der Waals surface area (Å²) in [6.07, 6.45) is 1.58. The van der Waals surface area contributed by atoms with Gasteiger partial charge in [-0.2, -0.15) is 0 Å². The summed E-state index contributed by atoms with van der Waals surface area (Å²) < 4.78 is 6.50. The number of ether oxygens (including phenoxy) is 1. The maximum absolute atomic E-state index is 12.6. The summed E-state index contributed by atoms with van der Waals surface area (Å²) in [7, 11) is 1.56. The fourth-order valence-corrected chi connectivity index (χ4v) is 2.69. The molecule has 0 bridgehead atoms. The first-order valence-corrected chi connectivity index (χ1v) is 8.06. The number of hydrogen-bond donors (Lipinski definition) is 1. The van der Waals surface area contributed by atoms with Crippen molar-refractivity contribution in [1.82, 2.24) is 4.57 Å². The van der Waals surface area contributed by atoms with Gasteiger partial charge in [0.05, 0.1) is 7.11 Å². The maximum atomic E-state index is 12.6. The highest BCUT2D eigenvalue weighted by Gasteiger charge is 2.09. The molecule has 0 saturated carbocycles. The van der Waals surface area contributed by atoms with E-state index in [1.807, 2.05) is 0 Å². The summed E-state index contributed by atoms with van der Waals surface area (Å²) in [5.74, 6) is 0.237. The summed E-state index contributed by atoms with van der Waals surface area (Å²) >= 11 is 0. The van der Waals surface area contributed by atoms with Crippen LogP contribution in [0.5, 0.6) is 5.75 Å². The van der Waals surface area contributed by atoms with Crippen molar-refractivity contribution in [2.24, 2.45) is 0 Å². The third-order valence-corrected chi connectivity index (χ3v) is 4.05. The van der Waals surface area contributed by atoms with E-state index in [-0.39, 0.29) is 23.8 Å². The average Bonchev–Trinajstić information content (AvgIpc) is 2.64. The first kappa shape index (κ1) is 17.4. The van der Waals surface area contributed by atoms with Crippen molar-refractivity contribution in [1.29, 1.82) is 0 Å². The average molecular weight is 350 g/mol. The number of carbonyl (C=O) groups is 2. The molecule has 0 fully saturated rings. The standard InChI is InChI=1S/C20H18N2O4/c1-13(23)14-4-3-5-16(10-14)21-19(24)12-22-9-8-15-11-17(26-2)6-7-18(15)20(22)25/h3-11H,12H2,1-2H3,(H,21,24). The normalized spacial score (nSPS) is 10.5. The van der Waals surface area contributed by atoms with Crippen LogP contribution in [0, 0.1) is 0 Å². The number of ketones is 1. The fourth-order valence-electron chi connectivity index (χ4n) is 2.69. The number of methoxy groups -OCH3 is 1. The number of carbonyl (C=O) groups excluding carboxylic acids is 2. The number of benzene rings is 2. The molecule has 0 atom stereocenters. The molecule has 1 amide bonds. The Morgan fingerprint density at radius 1 is 1.12 bits per heavy atom. The van der Waals surface area contributed by atoms with Crippen molar-refractivity contribution in [3.8, 4) is 5.75 Å². The largest absolute Gasteiger partial charge is 0.497 e. The van der Waals surface area contributed by atoms with Crippen LogP contribution in [0.25, 0.3) is 10.8 Å². The SMILES string of the molecule is COc1ccc2c(=O)n(CC(=O)Nc3cccc(C(C)=O)c3)ccc2c1. The first-order chi connectivity index (χ1) is 12.5. The van der Waals surface area contributed by atoms with Gasteiger partial charge in [-0.25, -0.2) is 0 Å². The van der Waals surface area contributed by atoms with Crippen molar-refractivity contribution in [2.75, 3.05) is 12.4 Å². The van der Waals surface area contributed by atoms with Crippen molar-refractivity contribution in [3.63, 3.8) is 0 Å². The van der Waals surface area contributed by atoms with Gasteiger partial charge in [-0.3, -0.25) is 14.4 Å². The molecule has 0 aliphatic heterocycles. The lowest BCUT2D eigenvalue weighted by molar-refractivity contribution is -0.116. The zero-order chi connectivity index (χ0) is 18.7. The summed E-state index contributed by atoms with van der Waals surface area (Å²) in [6.45, 7) is 1.34. The molecule has 0 saturated heterocycles. The second-order valence-electron chi connectivity index (χ2n) is 5.89. The number of nitrogens with one attached hydrogen (secondary N) is 1. The van der Waals surface area contributed by atoms with Gasteiger partial charge >= 0.3 is 0 Å². The second-order valence-corrected chi connectivity index (χ2v) is 5.89. The van der Waals surface area contributed by atoms with E-state index < -0.39 is 0 Å². The molecular formula is C20H18N2O4. The number of rotatable bonds is 5.